The summed E-state index contributed by atoms with van der Waals surface area (Å²) in [6, 6.07) is 5.40. The molecule has 90 valence electrons. The van der Waals surface area contributed by atoms with Crippen LogP contribution in [0.4, 0.5) is 0 Å². The van der Waals surface area contributed by atoms with Gasteiger partial charge in [0, 0.05) is 0 Å². The van der Waals surface area contributed by atoms with Gasteiger partial charge in [0.25, 0.3) is 0 Å². The predicted octanol–water partition coefficient (Wildman–Crippen LogP) is 3.41. The van der Waals surface area contributed by atoms with Crippen LogP contribution in [0.3, 0.4) is 0 Å². The fourth-order valence-corrected chi connectivity index (χ4v) is 2.42. The van der Waals surface area contributed by atoms with Crippen molar-refractivity contribution in [2.75, 3.05) is 0 Å². The van der Waals surface area contributed by atoms with Crippen molar-refractivity contribution < 1.29 is 8.76 Å². The van der Waals surface area contributed by atoms with E-state index < -0.39 is 11.1 Å². The van der Waals surface area contributed by atoms with Crippen LogP contribution in [0.1, 0.15) is 25.0 Å². The number of allylic oxidation sites excluding steroid dienone is 3. The van der Waals surface area contributed by atoms with Crippen molar-refractivity contribution in [3.05, 3.63) is 46.1 Å². The third-order valence-electron chi connectivity index (χ3n) is 2.56. The van der Waals surface area contributed by atoms with Crippen LogP contribution in [-0.2, 0) is 11.1 Å². The second-order valence-electron chi connectivity index (χ2n) is 3.76. The third-order valence-corrected chi connectivity index (χ3v) is 3.46. The summed E-state index contributed by atoms with van der Waals surface area (Å²) in [6.45, 7) is 0. The Morgan fingerprint density at radius 1 is 1.41 bits per heavy atom. The van der Waals surface area contributed by atoms with E-state index >= 15 is 0 Å². The highest BCUT2D eigenvalue weighted by molar-refractivity contribution is 7.83. The zero-order valence-corrected chi connectivity index (χ0v) is 10.7. The molecule has 3 nitrogen and oxygen atoms in total. The Morgan fingerprint density at radius 2 is 2.24 bits per heavy atom. The number of halogens is 1. The summed E-state index contributed by atoms with van der Waals surface area (Å²) >= 11 is 3.90. The molecule has 1 atom stereocenters. The zero-order chi connectivity index (χ0) is 12.3. The molecule has 0 bridgehead atoms. The molecule has 0 radical (unpaired) electrons. The van der Waals surface area contributed by atoms with Gasteiger partial charge < -0.3 is 4.55 Å². The molecule has 0 aromatic carbocycles. The van der Waals surface area contributed by atoms with Gasteiger partial charge in [0.05, 0.1) is 10.6 Å². The van der Waals surface area contributed by atoms with Gasteiger partial charge in [-0.2, -0.15) is 0 Å². The average molecular weight is 270 g/mol. The van der Waals surface area contributed by atoms with Crippen LogP contribution in [-0.4, -0.2) is 13.7 Å². The molecule has 17 heavy (non-hydrogen) atoms. The molecule has 0 spiro atoms. The van der Waals surface area contributed by atoms with Gasteiger partial charge in [-0.3, -0.25) is 0 Å². The maximum Gasteiger partial charge on any atom is 0.186 e. The van der Waals surface area contributed by atoms with E-state index in [1.54, 1.807) is 18.2 Å². The highest BCUT2D eigenvalue weighted by atomic mass is 35.5. The number of aromatic nitrogens is 1. The number of hydrogen-bond donors (Lipinski definition) is 1. The quantitative estimate of drug-likeness (QED) is 0.661. The van der Waals surface area contributed by atoms with Crippen molar-refractivity contribution in [1.29, 1.82) is 0 Å². The largest absolute Gasteiger partial charge is 0.302 e. The summed E-state index contributed by atoms with van der Waals surface area (Å²) in [5, 5.41) is 0.434. The van der Waals surface area contributed by atoms with Gasteiger partial charge in [0.2, 0.25) is 0 Å². The predicted molar refractivity (Wildman–Crippen MR) is 69.9 cm³/mol. The molecule has 1 aliphatic rings. The van der Waals surface area contributed by atoms with E-state index in [9.17, 15) is 4.21 Å². The number of nitrogens with zero attached hydrogens (tertiary/aromatic N) is 1. The Balaban J connectivity index is 2.37. The molecule has 0 saturated heterocycles. The third kappa shape index (κ3) is 3.25. The standard InChI is InChI=1S/C12H12ClNO2S/c13-12-7-3-6-11(14-12)9-4-1-2-5-10(8-9)17(15)16/h3,5-8H,1-2,4H2,(H,15,16). The van der Waals surface area contributed by atoms with E-state index in [-0.39, 0.29) is 0 Å². The first-order valence-electron chi connectivity index (χ1n) is 5.31. The molecule has 5 heteroatoms. The first-order chi connectivity index (χ1) is 8.16. The molecule has 1 unspecified atom stereocenters. The van der Waals surface area contributed by atoms with Crippen LogP contribution in [0, 0.1) is 0 Å². The molecular weight excluding hydrogens is 258 g/mol. The first kappa shape index (κ1) is 12.5. The normalized spacial score (nSPS) is 18.0. The zero-order valence-electron chi connectivity index (χ0n) is 9.10. The van der Waals surface area contributed by atoms with Crippen LogP contribution < -0.4 is 0 Å². The van der Waals surface area contributed by atoms with E-state index in [0.717, 1.165) is 30.5 Å². The van der Waals surface area contributed by atoms with Gasteiger partial charge in [0.1, 0.15) is 5.15 Å². The second kappa shape index (κ2) is 5.58. The van der Waals surface area contributed by atoms with Gasteiger partial charge >= 0.3 is 0 Å². The van der Waals surface area contributed by atoms with E-state index in [2.05, 4.69) is 4.98 Å². The van der Waals surface area contributed by atoms with E-state index in [0.29, 0.717) is 10.1 Å². The van der Waals surface area contributed by atoms with Crippen LogP contribution in [0.25, 0.3) is 5.57 Å². The molecule has 1 aromatic rings. The Bertz CT molecular complexity index is 511. The number of rotatable bonds is 2. The van der Waals surface area contributed by atoms with Gasteiger partial charge in [-0.1, -0.05) is 23.7 Å². The maximum atomic E-state index is 11.1. The summed E-state index contributed by atoms with van der Waals surface area (Å²) in [7, 11) is 0. The van der Waals surface area contributed by atoms with E-state index in [4.69, 9.17) is 16.2 Å². The lowest BCUT2D eigenvalue weighted by Crippen LogP contribution is -1.92. The van der Waals surface area contributed by atoms with Crippen LogP contribution in [0.5, 0.6) is 0 Å². The monoisotopic (exact) mass is 269 g/mol. The summed E-state index contributed by atoms with van der Waals surface area (Å²) in [6.07, 6.45) is 6.13. The summed E-state index contributed by atoms with van der Waals surface area (Å²) in [5.41, 5.74) is 1.73. The lowest BCUT2D eigenvalue weighted by Gasteiger charge is -2.05. The molecule has 0 aliphatic heterocycles. The van der Waals surface area contributed by atoms with Gasteiger partial charge in [-0.25, -0.2) is 9.19 Å². The smallest absolute Gasteiger partial charge is 0.186 e. The van der Waals surface area contributed by atoms with Crippen molar-refractivity contribution >= 4 is 28.3 Å². The minimum atomic E-state index is -1.94. The van der Waals surface area contributed by atoms with Crippen LogP contribution in [0.2, 0.25) is 5.15 Å². The second-order valence-corrected chi connectivity index (χ2v) is 5.12. The molecule has 1 heterocycles. The maximum absolute atomic E-state index is 11.1. The summed E-state index contributed by atoms with van der Waals surface area (Å²) in [4.78, 5) is 4.67. The molecule has 0 fully saturated rings. The highest BCUT2D eigenvalue weighted by Gasteiger charge is 2.11. The number of hydrogen-bond acceptors (Lipinski definition) is 2. The average Bonchev–Trinajstić information content (AvgIpc) is 2.54. The molecule has 1 N–H and O–H groups in total. The first-order valence-corrected chi connectivity index (χ1v) is 6.80. The Hall–Kier alpha value is -0.970. The van der Waals surface area contributed by atoms with Crippen molar-refractivity contribution in [3.63, 3.8) is 0 Å². The molecule has 0 amide bonds. The van der Waals surface area contributed by atoms with E-state index in [1.165, 1.54) is 0 Å². The SMILES string of the molecule is O=S(O)C1=CCCCC(c2cccc(Cl)n2)=C1. The molecule has 1 aromatic heterocycles. The minimum Gasteiger partial charge on any atom is -0.302 e. The fourth-order valence-electron chi connectivity index (χ4n) is 1.75. The lowest BCUT2D eigenvalue weighted by molar-refractivity contribution is 0.572. The highest BCUT2D eigenvalue weighted by Crippen LogP contribution is 2.26. The molecule has 1 aliphatic carbocycles. The summed E-state index contributed by atoms with van der Waals surface area (Å²) < 4.78 is 20.2. The minimum absolute atomic E-state index is 0.434. The van der Waals surface area contributed by atoms with E-state index in [1.807, 2.05) is 12.1 Å². The van der Waals surface area contributed by atoms with Crippen LogP contribution in [0.15, 0.2) is 35.3 Å². The summed E-state index contributed by atoms with van der Waals surface area (Å²) in [5.74, 6) is 0. The molecule has 0 saturated carbocycles. The van der Waals surface area contributed by atoms with Gasteiger partial charge in [0.15, 0.2) is 11.1 Å². The van der Waals surface area contributed by atoms with Crippen molar-refractivity contribution in [3.8, 4) is 0 Å². The Kier molecular flexibility index (Phi) is 4.10. The fraction of sp³-hybridized carbons (Fsp3) is 0.250. The Labute approximate surface area is 108 Å². The number of pyridine rings is 1. The van der Waals surface area contributed by atoms with Crippen molar-refractivity contribution in [2.24, 2.45) is 0 Å². The van der Waals surface area contributed by atoms with Gasteiger partial charge in [-0.15, -0.1) is 0 Å². The van der Waals surface area contributed by atoms with Crippen molar-refractivity contribution in [1.82, 2.24) is 4.98 Å². The Morgan fingerprint density at radius 3 is 2.94 bits per heavy atom. The van der Waals surface area contributed by atoms with Crippen molar-refractivity contribution in [2.45, 2.75) is 19.3 Å². The molecule has 2 rings (SSSR count). The molecular formula is C12H12ClNO2S. The lowest BCUT2D eigenvalue weighted by atomic mass is 10.1. The van der Waals surface area contributed by atoms with Gasteiger partial charge in [-0.05, 0) is 43.0 Å². The van der Waals surface area contributed by atoms with Crippen LogP contribution >= 0.6 is 11.6 Å². The topological polar surface area (TPSA) is 50.2 Å².